The van der Waals surface area contributed by atoms with Crippen LogP contribution in [0.2, 0.25) is 0 Å². The molecule has 0 bridgehead atoms. The fourth-order valence-electron chi connectivity index (χ4n) is 1.91. The molecule has 0 aromatic heterocycles. The summed E-state index contributed by atoms with van der Waals surface area (Å²) >= 11 is 0. The van der Waals surface area contributed by atoms with Crippen molar-refractivity contribution in [2.24, 2.45) is 5.92 Å². The van der Waals surface area contributed by atoms with Crippen molar-refractivity contribution < 1.29 is 24.4 Å². The minimum absolute atomic E-state index is 0.00248. The highest BCUT2D eigenvalue weighted by Gasteiger charge is 2.12. The van der Waals surface area contributed by atoms with Crippen LogP contribution in [-0.2, 0) is 14.2 Å². The average Bonchev–Trinajstić information content (AvgIpc) is 2.47. The third kappa shape index (κ3) is 11.6. The number of hydrogen-bond donors (Lipinski definition) is 2. The van der Waals surface area contributed by atoms with Gasteiger partial charge in [-0.1, -0.05) is 33.1 Å². The van der Waals surface area contributed by atoms with Crippen LogP contribution in [0.4, 0.5) is 0 Å². The summed E-state index contributed by atoms with van der Waals surface area (Å²) < 4.78 is 16.4. The van der Waals surface area contributed by atoms with E-state index in [1.54, 1.807) is 0 Å². The van der Waals surface area contributed by atoms with E-state index in [4.69, 9.17) is 24.4 Å². The molecule has 0 heterocycles. The van der Waals surface area contributed by atoms with Crippen LogP contribution >= 0.6 is 0 Å². The summed E-state index contributed by atoms with van der Waals surface area (Å²) in [5.74, 6) is 0.604. The Bertz CT molecular complexity index is 189. The zero-order valence-corrected chi connectivity index (χ0v) is 13.1. The Labute approximate surface area is 123 Å². The van der Waals surface area contributed by atoms with E-state index >= 15 is 0 Å². The van der Waals surface area contributed by atoms with Gasteiger partial charge in [0.25, 0.3) is 0 Å². The Balaban J connectivity index is 3.84. The van der Waals surface area contributed by atoms with E-state index in [-0.39, 0.29) is 25.9 Å². The summed E-state index contributed by atoms with van der Waals surface area (Å²) in [6, 6.07) is 0. The van der Waals surface area contributed by atoms with Crippen molar-refractivity contribution in [3.05, 3.63) is 0 Å². The topological polar surface area (TPSA) is 68.2 Å². The molecular weight excluding hydrogens is 260 g/mol. The van der Waals surface area contributed by atoms with Crippen molar-refractivity contribution in [2.45, 2.75) is 45.6 Å². The molecule has 0 amide bonds. The van der Waals surface area contributed by atoms with Gasteiger partial charge >= 0.3 is 0 Å². The molecule has 0 saturated carbocycles. The number of hydrogen-bond acceptors (Lipinski definition) is 5. The summed E-state index contributed by atoms with van der Waals surface area (Å²) in [6.45, 7) is 6.55. The number of aliphatic hydroxyl groups excluding tert-OH is 2. The molecule has 0 rings (SSSR count). The molecule has 5 heteroatoms. The van der Waals surface area contributed by atoms with Gasteiger partial charge in [-0.3, -0.25) is 0 Å². The van der Waals surface area contributed by atoms with Crippen molar-refractivity contribution in [1.29, 1.82) is 0 Å². The maximum atomic E-state index is 8.79. The first-order chi connectivity index (χ1) is 9.78. The van der Waals surface area contributed by atoms with Crippen molar-refractivity contribution in [2.75, 3.05) is 46.2 Å². The first kappa shape index (κ1) is 19.8. The number of rotatable bonds is 15. The molecule has 2 unspecified atom stereocenters. The molecule has 0 fully saturated rings. The average molecular weight is 292 g/mol. The largest absolute Gasteiger partial charge is 0.394 e. The Morgan fingerprint density at radius 1 is 0.900 bits per heavy atom. The molecule has 0 aromatic carbocycles. The number of unbranched alkanes of at least 4 members (excludes halogenated alkanes) is 1. The monoisotopic (exact) mass is 292 g/mol. The molecule has 0 radical (unpaired) electrons. The van der Waals surface area contributed by atoms with Crippen molar-refractivity contribution in [3.63, 3.8) is 0 Å². The zero-order chi connectivity index (χ0) is 15.1. The van der Waals surface area contributed by atoms with Crippen LogP contribution in [0.5, 0.6) is 0 Å². The second kappa shape index (κ2) is 15.2. The summed E-state index contributed by atoms with van der Waals surface area (Å²) in [4.78, 5) is 0. The van der Waals surface area contributed by atoms with Gasteiger partial charge in [-0.25, -0.2) is 0 Å². The van der Waals surface area contributed by atoms with Gasteiger partial charge in [0.2, 0.25) is 0 Å². The van der Waals surface area contributed by atoms with Crippen LogP contribution < -0.4 is 0 Å². The lowest BCUT2D eigenvalue weighted by Crippen LogP contribution is -2.28. The van der Waals surface area contributed by atoms with Gasteiger partial charge < -0.3 is 24.4 Å². The first-order valence-corrected chi connectivity index (χ1v) is 7.77. The molecule has 5 nitrogen and oxygen atoms in total. The molecular formula is C15H32O5. The minimum Gasteiger partial charge on any atom is -0.394 e. The van der Waals surface area contributed by atoms with E-state index in [2.05, 4.69) is 13.8 Å². The lowest BCUT2D eigenvalue weighted by Gasteiger charge is -2.20. The normalized spacial score (nSPS) is 14.4. The van der Waals surface area contributed by atoms with Crippen molar-refractivity contribution in [3.8, 4) is 0 Å². The smallest absolute Gasteiger partial charge is 0.104 e. The standard InChI is InChI=1S/C15H32O5/c1-3-5-6-14(4-2)11-19-13-15(20-10-8-17)12-18-9-7-16/h14-17H,3-13H2,1-2H3. The third-order valence-electron chi connectivity index (χ3n) is 3.18. The van der Waals surface area contributed by atoms with E-state index < -0.39 is 0 Å². The maximum absolute atomic E-state index is 8.79. The highest BCUT2D eigenvalue weighted by atomic mass is 16.6. The number of ether oxygens (including phenoxy) is 3. The fourth-order valence-corrected chi connectivity index (χ4v) is 1.91. The molecule has 0 aromatic rings. The van der Waals surface area contributed by atoms with Crippen LogP contribution in [-0.4, -0.2) is 62.6 Å². The summed E-state index contributed by atoms with van der Waals surface area (Å²) in [5, 5.41) is 17.5. The van der Waals surface area contributed by atoms with Crippen LogP contribution in [0.3, 0.4) is 0 Å². The summed E-state index contributed by atoms with van der Waals surface area (Å²) in [5.41, 5.74) is 0. The van der Waals surface area contributed by atoms with Gasteiger partial charge in [-0.15, -0.1) is 0 Å². The molecule has 20 heavy (non-hydrogen) atoms. The predicted molar refractivity (Wildman–Crippen MR) is 78.9 cm³/mol. The molecule has 0 spiro atoms. The van der Waals surface area contributed by atoms with Gasteiger partial charge in [-0.2, -0.15) is 0 Å². The van der Waals surface area contributed by atoms with Crippen LogP contribution in [0, 0.1) is 5.92 Å². The van der Waals surface area contributed by atoms with E-state index in [1.165, 1.54) is 19.3 Å². The third-order valence-corrected chi connectivity index (χ3v) is 3.18. The Morgan fingerprint density at radius 3 is 2.20 bits per heavy atom. The second-order valence-corrected chi connectivity index (χ2v) is 4.97. The summed E-state index contributed by atoms with van der Waals surface area (Å²) in [6.07, 6.45) is 4.61. The van der Waals surface area contributed by atoms with Crippen LogP contribution in [0.1, 0.15) is 39.5 Å². The second-order valence-electron chi connectivity index (χ2n) is 4.97. The maximum Gasteiger partial charge on any atom is 0.104 e. The van der Waals surface area contributed by atoms with E-state index in [0.717, 1.165) is 13.0 Å². The SMILES string of the molecule is CCCCC(CC)COCC(COCCO)OCCO. The molecule has 2 atom stereocenters. The van der Waals surface area contributed by atoms with Gasteiger partial charge in [0.05, 0.1) is 39.6 Å². The van der Waals surface area contributed by atoms with Gasteiger partial charge in [-0.05, 0) is 12.3 Å². The Hall–Kier alpha value is -0.200. The van der Waals surface area contributed by atoms with Gasteiger partial charge in [0.1, 0.15) is 6.10 Å². The van der Waals surface area contributed by atoms with Gasteiger partial charge in [0, 0.05) is 6.61 Å². The highest BCUT2D eigenvalue weighted by Crippen LogP contribution is 2.13. The summed E-state index contributed by atoms with van der Waals surface area (Å²) in [7, 11) is 0. The van der Waals surface area contributed by atoms with Crippen LogP contribution in [0.25, 0.3) is 0 Å². The highest BCUT2D eigenvalue weighted by molar-refractivity contribution is 4.59. The minimum atomic E-state index is -0.183. The Kier molecular flexibility index (Phi) is 15.0. The lowest BCUT2D eigenvalue weighted by atomic mass is 10.0. The molecule has 0 saturated heterocycles. The zero-order valence-electron chi connectivity index (χ0n) is 13.1. The lowest BCUT2D eigenvalue weighted by molar-refractivity contribution is -0.0747. The molecule has 0 aliphatic rings. The van der Waals surface area contributed by atoms with E-state index in [9.17, 15) is 0 Å². The van der Waals surface area contributed by atoms with Crippen LogP contribution in [0.15, 0.2) is 0 Å². The van der Waals surface area contributed by atoms with E-state index in [1.807, 2.05) is 0 Å². The van der Waals surface area contributed by atoms with E-state index in [0.29, 0.717) is 25.7 Å². The molecule has 2 N–H and O–H groups in total. The number of aliphatic hydroxyl groups is 2. The fraction of sp³-hybridized carbons (Fsp3) is 1.00. The van der Waals surface area contributed by atoms with Crippen molar-refractivity contribution >= 4 is 0 Å². The molecule has 0 aliphatic heterocycles. The van der Waals surface area contributed by atoms with Crippen molar-refractivity contribution in [1.82, 2.24) is 0 Å². The quantitative estimate of drug-likeness (QED) is 0.449. The molecule has 0 aliphatic carbocycles. The Morgan fingerprint density at radius 2 is 1.60 bits per heavy atom. The predicted octanol–water partition coefficient (Wildman–Crippen LogP) is 1.61. The van der Waals surface area contributed by atoms with Gasteiger partial charge in [0.15, 0.2) is 0 Å². The first-order valence-electron chi connectivity index (χ1n) is 7.77. The molecule has 122 valence electrons.